The maximum Gasteiger partial charge on any atom is 0.178 e. The van der Waals surface area contributed by atoms with Crippen LogP contribution in [-0.2, 0) is 9.59 Å². The molecule has 3 fully saturated rings. The van der Waals surface area contributed by atoms with E-state index in [2.05, 4.69) is 6.92 Å². The van der Waals surface area contributed by atoms with Gasteiger partial charge in [-0.2, -0.15) is 0 Å². The number of Topliss-reactive ketones (excluding diaryl/α,β-unsaturated/α-hetero) is 1. The molecular formula is C21H27FO3. The van der Waals surface area contributed by atoms with Crippen molar-refractivity contribution in [2.45, 2.75) is 64.6 Å². The molecule has 4 aliphatic carbocycles. The molecule has 0 aromatic heterocycles. The van der Waals surface area contributed by atoms with Crippen molar-refractivity contribution < 1.29 is 19.1 Å². The van der Waals surface area contributed by atoms with Crippen molar-refractivity contribution in [2.75, 3.05) is 0 Å². The Hall–Kier alpha value is -1.29. The third-order valence-corrected chi connectivity index (χ3v) is 8.27. The molecule has 0 saturated heterocycles. The molecule has 4 heteroatoms. The lowest BCUT2D eigenvalue weighted by molar-refractivity contribution is -0.162. The van der Waals surface area contributed by atoms with Gasteiger partial charge in [0.2, 0.25) is 0 Å². The Kier molecular flexibility index (Phi) is 3.51. The van der Waals surface area contributed by atoms with Gasteiger partial charge in [0.25, 0.3) is 0 Å². The van der Waals surface area contributed by atoms with Gasteiger partial charge in [0.15, 0.2) is 11.6 Å². The van der Waals surface area contributed by atoms with Crippen molar-refractivity contribution in [2.24, 2.45) is 28.6 Å². The second kappa shape index (κ2) is 5.12. The molecule has 0 bridgehead atoms. The Morgan fingerprint density at radius 2 is 1.92 bits per heavy atom. The molecule has 0 spiro atoms. The van der Waals surface area contributed by atoms with Crippen LogP contribution in [0, 0.1) is 28.6 Å². The van der Waals surface area contributed by atoms with Crippen molar-refractivity contribution in [3.05, 3.63) is 23.8 Å². The summed E-state index contributed by atoms with van der Waals surface area (Å²) in [7, 11) is 0. The number of aliphatic hydroxyl groups is 1. The summed E-state index contributed by atoms with van der Waals surface area (Å²) in [5.74, 6) is -0.256. The van der Waals surface area contributed by atoms with Gasteiger partial charge >= 0.3 is 0 Å². The van der Waals surface area contributed by atoms with Crippen LogP contribution in [0.3, 0.4) is 0 Å². The van der Waals surface area contributed by atoms with E-state index < -0.39 is 17.2 Å². The average Bonchev–Trinajstić information content (AvgIpc) is 2.82. The lowest BCUT2D eigenvalue weighted by Crippen LogP contribution is -2.58. The second-order valence-corrected chi connectivity index (χ2v) is 9.11. The van der Waals surface area contributed by atoms with Crippen LogP contribution in [0.1, 0.15) is 52.9 Å². The zero-order valence-corrected chi connectivity index (χ0v) is 15.2. The molecule has 4 rings (SSSR count). The van der Waals surface area contributed by atoms with E-state index >= 15 is 4.39 Å². The number of ketones is 2. The molecule has 0 aliphatic heterocycles. The quantitative estimate of drug-likeness (QED) is 0.790. The van der Waals surface area contributed by atoms with Gasteiger partial charge in [0.1, 0.15) is 11.8 Å². The van der Waals surface area contributed by atoms with E-state index in [4.69, 9.17) is 0 Å². The Bertz CT molecular complexity index is 710. The third-order valence-electron chi connectivity index (χ3n) is 8.27. The number of hydrogen-bond acceptors (Lipinski definition) is 3. The highest BCUT2D eigenvalue weighted by Crippen LogP contribution is 2.67. The number of halogens is 1. The van der Waals surface area contributed by atoms with E-state index in [1.807, 2.05) is 13.0 Å². The van der Waals surface area contributed by atoms with E-state index in [0.717, 1.165) is 18.4 Å². The molecular weight excluding hydrogens is 319 g/mol. The molecule has 4 aliphatic rings. The number of carbonyl (C=O) groups is 2. The molecule has 3 nitrogen and oxygen atoms in total. The molecule has 3 saturated carbocycles. The van der Waals surface area contributed by atoms with Crippen molar-refractivity contribution in [1.29, 1.82) is 0 Å². The first kappa shape index (κ1) is 17.1. The predicted octanol–water partition coefficient (Wildman–Crippen LogP) is 3.56. The highest BCUT2D eigenvalue weighted by Gasteiger charge is 2.67. The topological polar surface area (TPSA) is 54.4 Å². The van der Waals surface area contributed by atoms with Crippen LogP contribution in [0.25, 0.3) is 0 Å². The van der Waals surface area contributed by atoms with Gasteiger partial charge in [0.05, 0.1) is 0 Å². The van der Waals surface area contributed by atoms with Crippen LogP contribution in [0.4, 0.5) is 4.39 Å². The Labute approximate surface area is 148 Å². The van der Waals surface area contributed by atoms with Gasteiger partial charge in [-0.15, -0.1) is 0 Å². The molecule has 0 aromatic rings. The molecule has 0 radical (unpaired) electrons. The second-order valence-electron chi connectivity index (χ2n) is 9.11. The van der Waals surface area contributed by atoms with Crippen molar-refractivity contribution >= 4 is 11.6 Å². The van der Waals surface area contributed by atoms with E-state index in [-0.39, 0.29) is 34.7 Å². The normalized spacial score (nSPS) is 51.4. The van der Waals surface area contributed by atoms with Crippen molar-refractivity contribution in [3.63, 3.8) is 0 Å². The Morgan fingerprint density at radius 3 is 2.60 bits per heavy atom. The summed E-state index contributed by atoms with van der Waals surface area (Å²) >= 11 is 0. The summed E-state index contributed by atoms with van der Waals surface area (Å²) in [5, 5.41) is 11.1. The number of alkyl halides is 1. The van der Waals surface area contributed by atoms with E-state index in [0.29, 0.717) is 19.3 Å². The minimum atomic E-state index is -1.32. The van der Waals surface area contributed by atoms with Crippen LogP contribution in [0.5, 0.6) is 0 Å². The number of hydrogen-bond donors (Lipinski definition) is 1. The number of rotatable bonds is 1. The van der Waals surface area contributed by atoms with Gasteiger partial charge in [-0.3, -0.25) is 9.59 Å². The number of carbonyl (C=O) groups excluding carboxylic acids is 2. The minimum absolute atomic E-state index is 0.0135. The first-order valence-corrected chi connectivity index (χ1v) is 9.45. The van der Waals surface area contributed by atoms with Gasteiger partial charge in [-0.1, -0.05) is 25.5 Å². The largest absolute Gasteiger partial charge is 0.382 e. The van der Waals surface area contributed by atoms with Crippen molar-refractivity contribution in [1.82, 2.24) is 0 Å². The molecule has 0 amide bonds. The highest BCUT2D eigenvalue weighted by atomic mass is 19.1. The summed E-state index contributed by atoms with van der Waals surface area (Å²) in [4.78, 5) is 24.0. The number of allylic oxidation sites excluding steroid dienone is 4. The summed E-state index contributed by atoms with van der Waals surface area (Å²) in [6, 6.07) is 0. The fraction of sp³-hybridized carbons (Fsp3) is 0.714. The van der Waals surface area contributed by atoms with Crippen LogP contribution in [0.15, 0.2) is 23.8 Å². The third kappa shape index (κ3) is 2.00. The molecule has 1 N–H and O–H groups in total. The summed E-state index contributed by atoms with van der Waals surface area (Å²) in [6.45, 7) is 5.58. The SMILES string of the molecule is CC(=O)[C@@]1(O)CC[C@H]2[C@@H]3C(F)CC4=CC(=O)C=C[C@]4(C)[C@H]3CC[C@@]21C. The number of fused-ring (bicyclic) bond motifs is 5. The molecule has 1 unspecified atom stereocenters. The van der Waals surface area contributed by atoms with E-state index in [1.165, 1.54) is 6.92 Å². The van der Waals surface area contributed by atoms with Gasteiger partial charge in [-0.25, -0.2) is 4.39 Å². The van der Waals surface area contributed by atoms with Crippen LogP contribution >= 0.6 is 0 Å². The van der Waals surface area contributed by atoms with E-state index in [1.54, 1.807) is 12.2 Å². The lowest BCUT2D eigenvalue weighted by Gasteiger charge is -2.58. The van der Waals surface area contributed by atoms with Crippen LogP contribution in [0.2, 0.25) is 0 Å². The molecule has 25 heavy (non-hydrogen) atoms. The minimum Gasteiger partial charge on any atom is -0.382 e. The van der Waals surface area contributed by atoms with Gasteiger partial charge in [0, 0.05) is 17.3 Å². The van der Waals surface area contributed by atoms with Gasteiger partial charge < -0.3 is 5.11 Å². The fourth-order valence-corrected chi connectivity index (χ4v) is 6.72. The molecule has 136 valence electrons. The average molecular weight is 346 g/mol. The predicted molar refractivity (Wildman–Crippen MR) is 92.5 cm³/mol. The Morgan fingerprint density at radius 1 is 1.24 bits per heavy atom. The smallest absolute Gasteiger partial charge is 0.178 e. The Balaban J connectivity index is 1.76. The zero-order chi connectivity index (χ0) is 18.2. The molecule has 7 atom stereocenters. The van der Waals surface area contributed by atoms with Crippen LogP contribution < -0.4 is 0 Å². The highest BCUT2D eigenvalue weighted by molar-refractivity contribution is 6.01. The zero-order valence-electron chi connectivity index (χ0n) is 15.2. The van der Waals surface area contributed by atoms with E-state index in [9.17, 15) is 14.7 Å². The first-order chi connectivity index (χ1) is 11.6. The van der Waals surface area contributed by atoms with Crippen LogP contribution in [-0.4, -0.2) is 28.4 Å². The van der Waals surface area contributed by atoms with Gasteiger partial charge in [-0.05, 0) is 62.5 Å². The molecule has 0 heterocycles. The fourth-order valence-electron chi connectivity index (χ4n) is 6.72. The molecule has 0 aromatic carbocycles. The summed E-state index contributed by atoms with van der Waals surface area (Å²) < 4.78 is 15.3. The lowest BCUT2D eigenvalue weighted by atomic mass is 9.46. The first-order valence-electron chi connectivity index (χ1n) is 9.45. The monoisotopic (exact) mass is 346 g/mol. The summed E-state index contributed by atoms with van der Waals surface area (Å²) in [5.41, 5.74) is -1.23. The maximum atomic E-state index is 15.3. The van der Waals surface area contributed by atoms with Crippen molar-refractivity contribution in [3.8, 4) is 0 Å². The maximum absolute atomic E-state index is 15.3. The standard InChI is InChI=1S/C21H27FO3/c1-12(23)21(25)9-6-16-18-15(5-8-20(16,21)3)19(2)7-4-14(24)10-13(19)11-17(18)22/h4,7,10,15-18,25H,5-6,8-9,11H2,1-3H3/t15-,16-,17?,18+,19-,20-,21-/m0/s1. The summed E-state index contributed by atoms with van der Waals surface area (Å²) in [6.07, 6.45) is 7.14.